The van der Waals surface area contributed by atoms with Crippen LogP contribution in [0.4, 0.5) is 4.39 Å². The van der Waals surface area contributed by atoms with Gasteiger partial charge in [0, 0.05) is 17.4 Å². The molecule has 0 saturated carbocycles. The Kier molecular flexibility index (Phi) is 3.57. The molecule has 19 heavy (non-hydrogen) atoms. The minimum atomic E-state index is -0.378. The van der Waals surface area contributed by atoms with Gasteiger partial charge in [-0.05, 0) is 24.1 Å². The van der Waals surface area contributed by atoms with Crippen LogP contribution < -0.4 is 5.32 Å². The number of terminal acetylenes is 1. The van der Waals surface area contributed by atoms with Gasteiger partial charge in [-0.25, -0.2) is 4.39 Å². The standard InChI is InChI=1S/C15H15FN2O/c1-4-11-12-7-10(16)5-6-13(12)18-14(11)15(19)17-8-9(2)3/h1,5-7,9,18H,8H2,2-3H3,(H,17,19). The van der Waals surface area contributed by atoms with Gasteiger partial charge in [-0.2, -0.15) is 0 Å². The molecule has 0 fully saturated rings. The number of hydrogen-bond donors (Lipinski definition) is 2. The number of aromatic nitrogens is 1. The number of rotatable bonds is 3. The highest BCUT2D eigenvalue weighted by Crippen LogP contribution is 2.22. The Balaban J connectivity index is 2.43. The second kappa shape index (κ2) is 5.15. The first-order valence-electron chi connectivity index (χ1n) is 6.09. The summed E-state index contributed by atoms with van der Waals surface area (Å²) in [5.74, 6) is 2.16. The van der Waals surface area contributed by atoms with Crippen molar-refractivity contribution in [2.75, 3.05) is 6.54 Å². The highest BCUT2D eigenvalue weighted by Gasteiger charge is 2.16. The third kappa shape index (κ3) is 2.60. The monoisotopic (exact) mass is 258 g/mol. The first kappa shape index (κ1) is 13.2. The van der Waals surface area contributed by atoms with Gasteiger partial charge in [-0.1, -0.05) is 19.8 Å². The molecule has 1 aromatic heterocycles. The van der Waals surface area contributed by atoms with Gasteiger partial charge in [0.15, 0.2) is 0 Å². The van der Waals surface area contributed by atoms with Crippen LogP contribution in [0.1, 0.15) is 29.9 Å². The van der Waals surface area contributed by atoms with Crippen molar-refractivity contribution < 1.29 is 9.18 Å². The predicted molar refractivity (Wildman–Crippen MR) is 73.4 cm³/mol. The van der Waals surface area contributed by atoms with Gasteiger partial charge in [0.25, 0.3) is 5.91 Å². The van der Waals surface area contributed by atoms with Crippen molar-refractivity contribution in [3.05, 3.63) is 35.3 Å². The van der Waals surface area contributed by atoms with Crippen molar-refractivity contribution in [1.29, 1.82) is 0 Å². The number of benzene rings is 1. The zero-order chi connectivity index (χ0) is 14.0. The van der Waals surface area contributed by atoms with Gasteiger partial charge in [0.1, 0.15) is 11.5 Å². The summed E-state index contributed by atoms with van der Waals surface area (Å²) in [4.78, 5) is 15.0. The Morgan fingerprint density at radius 2 is 2.26 bits per heavy atom. The molecule has 0 saturated heterocycles. The van der Waals surface area contributed by atoms with Crippen LogP contribution in [0, 0.1) is 24.1 Å². The van der Waals surface area contributed by atoms with E-state index in [-0.39, 0.29) is 11.7 Å². The highest BCUT2D eigenvalue weighted by molar-refractivity contribution is 6.02. The Labute approximate surface area is 111 Å². The van der Waals surface area contributed by atoms with E-state index in [0.717, 1.165) is 0 Å². The third-order valence-electron chi connectivity index (χ3n) is 2.80. The molecule has 3 nitrogen and oxygen atoms in total. The molecule has 0 bridgehead atoms. The zero-order valence-electron chi connectivity index (χ0n) is 10.9. The summed E-state index contributed by atoms with van der Waals surface area (Å²) >= 11 is 0. The minimum Gasteiger partial charge on any atom is -0.350 e. The summed E-state index contributed by atoms with van der Waals surface area (Å²) in [5.41, 5.74) is 1.36. The maximum atomic E-state index is 13.2. The Hall–Kier alpha value is -2.28. The summed E-state index contributed by atoms with van der Waals surface area (Å²) in [6.07, 6.45) is 5.43. The van der Waals surface area contributed by atoms with E-state index in [1.807, 2.05) is 13.8 Å². The lowest BCUT2D eigenvalue weighted by molar-refractivity contribution is 0.0944. The van der Waals surface area contributed by atoms with Crippen LogP contribution in [0.25, 0.3) is 10.9 Å². The Morgan fingerprint density at radius 3 is 2.89 bits per heavy atom. The lowest BCUT2D eigenvalue weighted by Crippen LogP contribution is -2.28. The lowest BCUT2D eigenvalue weighted by atomic mass is 10.1. The van der Waals surface area contributed by atoms with Gasteiger partial charge in [-0.15, -0.1) is 6.42 Å². The SMILES string of the molecule is C#Cc1c(C(=O)NCC(C)C)[nH]c2ccc(F)cc12. The fourth-order valence-electron chi connectivity index (χ4n) is 1.87. The Morgan fingerprint density at radius 1 is 1.53 bits per heavy atom. The van der Waals surface area contributed by atoms with E-state index in [4.69, 9.17) is 6.42 Å². The molecule has 1 heterocycles. The number of nitrogens with one attached hydrogen (secondary N) is 2. The second-order valence-electron chi connectivity index (χ2n) is 4.81. The van der Waals surface area contributed by atoms with Crippen molar-refractivity contribution in [1.82, 2.24) is 10.3 Å². The number of aromatic amines is 1. The number of hydrogen-bond acceptors (Lipinski definition) is 1. The van der Waals surface area contributed by atoms with Crippen LogP contribution in [-0.2, 0) is 0 Å². The summed E-state index contributed by atoms with van der Waals surface area (Å²) in [6.45, 7) is 4.57. The van der Waals surface area contributed by atoms with Crippen molar-refractivity contribution in [2.45, 2.75) is 13.8 Å². The molecule has 0 unspecified atom stereocenters. The van der Waals surface area contributed by atoms with Crippen LogP contribution in [0.15, 0.2) is 18.2 Å². The van der Waals surface area contributed by atoms with Crippen LogP contribution in [0.2, 0.25) is 0 Å². The molecule has 1 amide bonds. The molecule has 1 aromatic carbocycles. The number of amides is 1. The number of H-pyrrole nitrogens is 1. The quantitative estimate of drug-likeness (QED) is 0.817. The average Bonchev–Trinajstić information content (AvgIpc) is 2.73. The van der Waals surface area contributed by atoms with Crippen molar-refractivity contribution in [2.24, 2.45) is 5.92 Å². The molecule has 2 aromatic rings. The minimum absolute atomic E-state index is 0.266. The number of carbonyl (C=O) groups is 1. The van der Waals surface area contributed by atoms with Gasteiger partial charge in [-0.3, -0.25) is 4.79 Å². The molecule has 2 N–H and O–H groups in total. The van der Waals surface area contributed by atoms with Crippen LogP contribution in [0.5, 0.6) is 0 Å². The van der Waals surface area contributed by atoms with E-state index >= 15 is 0 Å². The first-order chi connectivity index (χ1) is 9.02. The average molecular weight is 258 g/mol. The molecule has 0 aliphatic carbocycles. The van der Waals surface area contributed by atoms with Gasteiger partial charge < -0.3 is 10.3 Å². The maximum Gasteiger partial charge on any atom is 0.269 e. The fraction of sp³-hybridized carbons (Fsp3) is 0.267. The Bertz CT molecular complexity index is 665. The largest absolute Gasteiger partial charge is 0.350 e. The van der Waals surface area contributed by atoms with E-state index in [1.54, 1.807) is 6.07 Å². The predicted octanol–water partition coefficient (Wildman–Crippen LogP) is 2.67. The highest BCUT2D eigenvalue weighted by atomic mass is 19.1. The number of fused-ring (bicyclic) bond motifs is 1. The molecule has 4 heteroatoms. The summed E-state index contributed by atoms with van der Waals surface area (Å²) in [6, 6.07) is 4.24. The lowest BCUT2D eigenvalue weighted by Gasteiger charge is -2.06. The molecule has 98 valence electrons. The smallest absolute Gasteiger partial charge is 0.269 e. The van der Waals surface area contributed by atoms with Crippen LogP contribution >= 0.6 is 0 Å². The van der Waals surface area contributed by atoms with E-state index in [9.17, 15) is 9.18 Å². The molecule has 2 rings (SSSR count). The topological polar surface area (TPSA) is 44.9 Å². The number of carbonyl (C=O) groups excluding carboxylic acids is 1. The normalized spacial score (nSPS) is 10.7. The number of halogens is 1. The fourth-order valence-corrected chi connectivity index (χ4v) is 1.87. The van der Waals surface area contributed by atoms with E-state index < -0.39 is 0 Å². The van der Waals surface area contributed by atoms with Crippen LogP contribution in [0.3, 0.4) is 0 Å². The van der Waals surface area contributed by atoms with Gasteiger partial charge in [0.05, 0.1) is 5.56 Å². The van der Waals surface area contributed by atoms with Crippen LogP contribution in [-0.4, -0.2) is 17.4 Å². The van der Waals surface area contributed by atoms with E-state index in [2.05, 4.69) is 16.2 Å². The zero-order valence-corrected chi connectivity index (χ0v) is 10.9. The van der Waals surface area contributed by atoms with Crippen molar-refractivity contribution in [3.63, 3.8) is 0 Å². The summed E-state index contributed by atoms with van der Waals surface area (Å²) in [5, 5.41) is 3.34. The van der Waals surface area contributed by atoms with E-state index in [0.29, 0.717) is 34.6 Å². The van der Waals surface area contributed by atoms with Gasteiger partial charge >= 0.3 is 0 Å². The molecule has 0 aliphatic rings. The maximum absolute atomic E-state index is 13.2. The molecule has 0 radical (unpaired) electrons. The molecule has 0 spiro atoms. The molecule has 0 atom stereocenters. The van der Waals surface area contributed by atoms with Crippen molar-refractivity contribution >= 4 is 16.8 Å². The third-order valence-corrected chi connectivity index (χ3v) is 2.80. The van der Waals surface area contributed by atoms with Crippen molar-refractivity contribution in [3.8, 4) is 12.3 Å². The second-order valence-corrected chi connectivity index (χ2v) is 4.81. The molecule has 0 aliphatic heterocycles. The summed E-state index contributed by atoms with van der Waals surface area (Å²) in [7, 11) is 0. The van der Waals surface area contributed by atoms with E-state index in [1.165, 1.54) is 12.1 Å². The first-order valence-corrected chi connectivity index (χ1v) is 6.09. The molecular formula is C15H15FN2O. The molecular weight excluding hydrogens is 243 g/mol. The van der Waals surface area contributed by atoms with Gasteiger partial charge in [0.2, 0.25) is 0 Å². The summed E-state index contributed by atoms with van der Waals surface area (Å²) < 4.78 is 13.2.